The van der Waals surface area contributed by atoms with Crippen molar-refractivity contribution >= 4 is 0 Å². The highest BCUT2D eigenvalue weighted by atomic mass is 16.5. The summed E-state index contributed by atoms with van der Waals surface area (Å²) in [4.78, 5) is 7.76. The quantitative estimate of drug-likeness (QED) is 0.600. The zero-order valence-corrected chi connectivity index (χ0v) is 6.11. The third-order valence-electron chi connectivity index (χ3n) is 1.15. The molecule has 1 aromatic rings. The zero-order valence-electron chi connectivity index (χ0n) is 6.11. The van der Waals surface area contributed by atoms with Gasteiger partial charge in [0.1, 0.15) is 5.82 Å². The average Bonchev–Trinajstić information content (AvgIpc) is 2.07. The summed E-state index contributed by atoms with van der Waals surface area (Å²) in [5, 5.41) is 8.28. The Morgan fingerprint density at radius 2 is 2.18 bits per heavy atom. The summed E-state index contributed by atoms with van der Waals surface area (Å²) < 4.78 is 4.84. The van der Waals surface area contributed by atoms with E-state index in [1.54, 1.807) is 19.5 Å². The first-order valence-electron chi connectivity index (χ1n) is 3.08. The molecule has 5 heteroatoms. The lowest BCUT2D eigenvalue weighted by atomic mass is 10.5. The highest BCUT2D eigenvalue weighted by Gasteiger charge is 1.94. The molecular weight excluding hydrogens is 146 g/mol. The van der Waals surface area contributed by atoms with Gasteiger partial charge in [-0.25, -0.2) is 9.97 Å². The van der Waals surface area contributed by atoms with Crippen molar-refractivity contribution in [1.29, 1.82) is 0 Å². The van der Waals surface area contributed by atoms with Crippen molar-refractivity contribution in [3.63, 3.8) is 0 Å². The van der Waals surface area contributed by atoms with Gasteiger partial charge in [0.2, 0.25) is 0 Å². The second kappa shape index (κ2) is 3.85. The van der Waals surface area contributed by atoms with Crippen molar-refractivity contribution in [1.82, 2.24) is 15.4 Å². The van der Waals surface area contributed by atoms with E-state index in [1.807, 2.05) is 5.48 Å². The van der Waals surface area contributed by atoms with Crippen molar-refractivity contribution in [3.05, 3.63) is 18.2 Å². The van der Waals surface area contributed by atoms with Gasteiger partial charge in [0.15, 0.2) is 5.75 Å². The van der Waals surface area contributed by atoms with Crippen LogP contribution in [0.3, 0.4) is 0 Å². The molecule has 11 heavy (non-hydrogen) atoms. The molecule has 0 aliphatic rings. The van der Waals surface area contributed by atoms with E-state index in [-0.39, 0.29) is 6.54 Å². The topological polar surface area (TPSA) is 67.3 Å². The molecule has 0 aromatic carbocycles. The van der Waals surface area contributed by atoms with Crippen LogP contribution in [0.15, 0.2) is 12.4 Å². The van der Waals surface area contributed by atoms with Crippen LogP contribution in [-0.2, 0) is 6.54 Å². The lowest BCUT2D eigenvalue weighted by Gasteiger charge is -1.99. The Hall–Kier alpha value is -1.20. The molecule has 0 aliphatic heterocycles. The number of hydroxylamine groups is 1. The molecule has 0 unspecified atom stereocenters. The molecule has 0 amide bonds. The van der Waals surface area contributed by atoms with Crippen LogP contribution in [0.2, 0.25) is 0 Å². The number of hydrogen-bond donors (Lipinski definition) is 2. The van der Waals surface area contributed by atoms with Gasteiger partial charge in [-0.15, -0.1) is 0 Å². The van der Waals surface area contributed by atoms with Crippen molar-refractivity contribution in [2.75, 3.05) is 7.11 Å². The molecule has 0 atom stereocenters. The molecule has 0 saturated heterocycles. The Labute approximate surface area is 64.0 Å². The number of methoxy groups -OCH3 is 1. The van der Waals surface area contributed by atoms with Crippen LogP contribution < -0.4 is 10.2 Å². The third kappa shape index (κ3) is 2.14. The number of hydrogen-bond acceptors (Lipinski definition) is 5. The smallest absolute Gasteiger partial charge is 0.155 e. The minimum Gasteiger partial charge on any atom is -0.494 e. The van der Waals surface area contributed by atoms with Gasteiger partial charge in [-0.05, 0) is 0 Å². The van der Waals surface area contributed by atoms with Gasteiger partial charge in [0.05, 0.1) is 26.0 Å². The van der Waals surface area contributed by atoms with Gasteiger partial charge in [-0.3, -0.25) is 0 Å². The predicted molar refractivity (Wildman–Crippen MR) is 37.2 cm³/mol. The highest BCUT2D eigenvalue weighted by Crippen LogP contribution is 2.03. The molecular formula is C6H9N3O2. The van der Waals surface area contributed by atoms with Gasteiger partial charge in [-0.2, -0.15) is 5.48 Å². The van der Waals surface area contributed by atoms with Crippen molar-refractivity contribution in [2.24, 2.45) is 0 Å². The van der Waals surface area contributed by atoms with Crippen LogP contribution in [0.4, 0.5) is 0 Å². The van der Waals surface area contributed by atoms with Crippen LogP contribution in [0.1, 0.15) is 5.82 Å². The van der Waals surface area contributed by atoms with E-state index >= 15 is 0 Å². The maximum absolute atomic E-state index is 8.28. The van der Waals surface area contributed by atoms with Crippen LogP contribution >= 0.6 is 0 Å². The molecule has 0 saturated carbocycles. The van der Waals surface area contributed by atoms with E-state index in [0.717, 1.165) is 0 Å². The van der Waals surface area contributed by atoms with E-state index < -0.39 is 0 Å². The van der Waals surface area contributed by atoms with E-state index in [9.17, 15) is 0 Å². The zero-order chi connectivity index (χ0) is 8.10. The fourth-order valence-electron chi connectivity index (χ4n) is 0.610. The first-order chi connectivity index (χ1) is 5.36. The summed E-state index contributed by atoms with van der Waals surface area (Å²) in [6.45, 7) is 0.240. The van der Waals surface area contributed by atoms with Crippen molar-refractivity contribution in [2.45, 2.75) is 6.54 Å². The standard InChI is InChI=1S/C6H9N3O2/c1-11-5-2-7-6(4-9-10)8-3-5/h2-3,9-10H,4H2,1H3. The SMILES string of the molecule is COc1cnc(CNO)nc1. The fraction of sp³-hybridized carbons (Fsp3) is 0.333. The second-order valence-corrected chi connectivity index (χ2v) is 1.87. The van der Waals surface area contributed by atoms with Gasteiger partial charge < -0.3 is 9.94 Å². The second-order valence-electron chi connectivity index (χ2n) is 1.87. The highest BCUT2D eigenvalue weighted by molar-refractivity contribution is 5.11. The lowest BCUT2D eigenvalue weighted by molar-refractivity contribution is 0.158. The van der Waals surface area contributed by atoms with Crippen LogP contribution in [0.5, 0.6) is 5.75 Å². The van der Waals surface area contributed by atoms with Crippen molar-refractivity contribution < 1.29 is 9.94 Å². The normalized spacial score (nSPS) is 9.64. The summed E-state index contributed by atoms with van der Waals surface area (Å²) in [7, 11) is 1.54. The Balaban J connectivity index is 2.66. The maximum atomic E-state index is 8.28. The summed E-state index contributed by atoms with van der Waals surface area (Å²) in [6, 6.07) is 0. The Morgan fingerprint density at radius 1 is 1.55 bits per heavy atom. The van der Waals surface area contributed by atoms with E-state index in [4.69, 9.17) is 9.94 Å². The van der Waals surface area contributed by atoms with Crippen LogP contribution in [-0.4, -0.2) is 22.3 Å². The minimum absolute atomic E-state index is 0.240. The molecule has 1 rings (SSSR count). The number of rotatable bonds is 3. The predicted octanol–water partition coefficient (Wildman–Crippen LogP) is -0.0360. The Morgan fingerprint density at radius 3 is 2.64 bits per heavy atom. The summed E-state index contributed by atoms with van der Waals surface area (Å²) in [6.07, 6.45) is 3.08. The van der Waals surface area contributed by atoms with Crippen LogP contribution in [0.25, 0.3) is 0 Å². The molecule has 2 N–H and O–H groups in total. The minimum atomic E-state index is 0.240. The Bertz CT molecular complexity index is 212. The molecule has 0 fully saturated rings. The fourth-order valence-corrected chi connectivity index (χ4v) is 0.610. The largest absolute Gasteiger partial charge is 0.494 e. The lowest BCUT2D eigenvalue weighted by Crippen LogP contribution is -2.09. The Kier molecular flexibility index (Phi) is 2.76. The molecule has 1 aromatic heterocycles. The number of aromatic nitrogens is 2. The first-order valence-corrected chi connectivity index (χ1v) is 3.08. The number of nitrogens with one attached hydrogen (secondary N) is 1. The monoisotopic (exact) mass is 155 g/mol. The molecule has 0 spiro atoms. The summed E-state index contributed by atoms with van der Waals surface area (Å²) >= 11 is 0. The molecule has 5 nitrogen and oxygen atoms in total. The molecule has 1 heterocycles. The van der Waals surface area contributed by atoms with Crippen LogP contribution in [0, 0.1) is 0 Å². The molecule has 60 valence electrons. The van der Waals surface area contributed by atoms with Gasteiger partial charge >= 0.3 is 0 Å². The van der Waals surface area contributed by atoms with E-state index in [0.29, 0.717) is 11.6 Å². The average molecular weight is 155 g/mol. The summed E-state index contributed by atoms with van der Waals surface area (Å²) in [5.74, 6) is 1.12. The van der Waals surface area contributed by atoms with E-state index in [2.05, 4.69) is 9.97 Å². The van der Waals surface area contributed by atoms with E-state index in [1.165, 1.54) is 0 Å². The summed E-state index contributed by atoms with van der Waals surface area (Å²) in [5.41, 5.74) is 1.96. The molecule has 0 aliphatic carbocycles. The number of nitrogens with zero attached hydrogens (tertiary/aromatic N) is 2. The first kappa shape index (κ1) is 7.90. The number of ether oxygens (including phenoxy) is 1. The molecule has 0 radical (unpaired) electrons. The maximum Gasteiger partial charge on any atom is 0.155 e. The molecule has 0 bridgehead atoms. The van der Waals surface area contributed by atoms with Gasteiger partial charge in [0.25, 0.3) is 0 Å². The van der Waals surface area contributed by atoms with Crippen molar-refractivity contribution in [3.8, 4) is 5.75 Å². The van der Waals surface area contributed by atoms with Gasteiger partial charge in [0, 0.05) is 0 Å². The third-order valence-corrected chi connectivity index (χ3v) is 1.15. The van der Waals surface area contributed by atoms with Gasteiger partial charge in [-0.1, -0.05) is 0 Å².